The van der Waals surface area contributed by atoms with Crippen LogP contribution in [0.2, 0.25) is 5.02 Å². The Balaban J connectivity index is 2.04. The number of nitrogens with one attached hydrogen (secondary N) is 1. The van der Waals surface area contributed by atoms with Crippen molar-refractivity contribution in [1.82, 2.24) is 15.1 Å². The van der Waals surface area contributed by atoms with E-state index in [4.69, 9.17) is 11.6 Å². The first kappa shape index (κ1) is 15.3. The molecule has 1 aromatic carbocycles. The lowest BCUT2D eigenvalue weighted by atomic mass is 10.1. The van der Waals surface area contributed by atoms with Gasteiger partial charge in [-0.2, -0.15) is 0 Å². The zero-order valence-corrected chi connectivity index (χ0v) is 12.9. The zero-order valence-electron chi connectivity index (χ0n) is 12.1. The lowest BCUT2D eigenvalue weighted by molar-refractivity contribution is -0.128. The molecule has 1 saturated heterocycles. The van der Waals surface area contributed by atoms with Crippen molar-refractivity contribution in [3.05, 3.63) is 34.9 Å². The second-order valence-corrected chi connectivity index (χ2v) is 5.39. The first-order chi connectivity index (χ1) is 9.65. The summed E-state index contributed by atoms with van der Waals surface area (Å²) in [7, 11) is 0. The minimum Gasteiger partial charge on any atom is -0.321 e. The fourth-order valence-electron chi connectivity index (χ4n) is 2.53. The molecule has 1 fully saturated rings. The highest BCUT2D eigenvalue weighted by Crippen LogP contribution is 2.23. The molecule has 1 amide bonds. The van der Waals surface area contributed by atoms with Gasteiger partial charge in [0.05, 0.1) is 6.54 Å². The number of hydrogen-bond donors (Lipinski definition) is 1. The number of likely N-dealkylation sites (N-methyl/N-ethyl adjacent to an activating group) is 1. The molecule has 2 rings (SSSR count). The molecule has 0 spiro atoms. The van der Waals surface area contributed by atoms with Crippen molar-refractivity contribution in [1.29, 1.82) is 0 Å². The van der Waals surface area contributed by atoms with E-state index in [1.54, 1.807) is 0 Å². The predicted octanol–water partition coefficient (Wildman–Crippen LogP) is 2.11. The Hall–Kier alpha value is -1.10. The van der Waals surface area contributed by atoms with Crippen LogP contribution in [0.5, 0.6) is 0 Å². The van der Waals surface area contributed by atoms with Crippen LogP contribution in [0.25, 0.3) is 0 Å². The van der Waals surface area contributed by atoms with Gasteiger partial charge in [-0.05, 0) is 30.8 Å². The molecule has 0 saturated carbocycles. The third-order valence-electron chi connectivity index (χ3n) is 3.82. The highest BCUT2D eigenvalue weighted by atomic mass is 35.5. The topological polar surface area (TPSA) is 35.6 Å². The van der Waals surface area contributed by atoms with Gasteiger partial charge >= 0.3 is 0 Å². The molecular weight excluding hydrogens is 274 g/mol. The van der Waals surface area contributed by atoms with E-state index in [2.05, 4.69) is 24.1 Å². The van der Waals surface area contributed by atoms with E-state index >= 15 is 0 Å². The van der Waals surface area contributed by atoms with Crippen LogP contribution in [-0.2, 0) is 4.79 Å². The van der Waals surface area contributed by atoms with Gasteiger partial charge in [-0.25, -0.2) is 0 Å². The van der Waals surface area contributed by atoms with Gasteiger partial charge in [0.25, 0.3) is 0 Å². The maximum Gasteiger partial charge on any atom is 0.238 e. The number of carbonyl (C=O) groups excluding carboxylic acids is 1. The van der Waals surface area contributed by atoms with Gasteiger partial charge in [-0.1, -0.05) is 37.6 Å². The van der Waals surface area contributed by atoms with E-state index in [0.717, 1.165) is 31.7 Å². The molecule has 0 aromatic heterocycles. The van der Waals surface area contributed by atoms with Crippen LogP contribution in [0.1, 0.15) is 25.6 Å². The zero-order chi connectivity index (χ0) is 14.5. The molecule has 1 aromatic rings. The number of halogens is 1. The van der Waals surface area contributed by atoms with E-state index in [0.29, 0.717) is 11.6 Å². The molecule has 4 nitrogen and oxygen atoms in total. The average molecular weight is 296 g/mol. The Morgan fingerprint density at radius 1 is 1.30 bits per heavy atom. The monoisotopic (exact) mass is 295 g/mol. The maximum absolute atomic E-state index is 12.0. The van der Waals surface area contributed by atoms with Gasteiger partial charge < -0.3 is 9.80 Å². The Morgan fingerprint density at radius 3 is 2.55 bits per heavy atom. The highest BCUT2D eigenvalue weighted by Gasteiger charge is 2.31. The fourth-order valence-corrected chi connectivity index (χ4v) is 2.65. The van der Waals surface area contributed by atoms with Crippen LogP contribution in [0, 0.1) is 0 Å². The lowest BCUT2D eigenvalue weighted by Crippen LogP contribution is -2.38. The number of amides is 1. The molecule has 20 heavy (non-hydrogen) atoms. The normalized spacial score (nSPS) is 19.1. The summed E-state index contributed by atoms with van der Waals surface area (Å²) >= 11 is 5.92. The van der Waals surface area contributed by atoms with E-state index < -0.39 is 0 Å². The number of hydrogen-bond acceptors (Lipinski definition) is 3. The SMILES string of the molecule is CCN(CC)CCN1C(=O)CNC1c1ccc(Cl)cc1. The minimum absolute atomic E-state index is 0.0321. The molecule has 5 heteroatoms. The summed E-state index contributed by atoms with van der Waals surface area (Å²) in [6, 6.07) is 7.68. The van der Waals surface area contributed by atoms with Gasteiger partial charge in [0, 0.05) is 18.1 Å². The lowest BCUT2D eigenvalue weighted by Gasteiger charge is -2.27. The quantitative estimate of drug-likeness (QED) is 0.873. The molecule has 110 valence electrons. The Bertz CT molecular complexity index is 445. The van der Waals surface area contributed by atoms with E-state index in [1.165, 1.54) is 0 Å². The van der Waals surface area contributed by atoms with Crippen LogP contribution < -0.4 is 5.32 Å². The van der Waals surface area contributed by atoms with Crippen molar-refractivity contribution in [2.24, 2.45) is 0 Å². The van der Waals surface area contributed by atoms with Crippen LogP contribution in [0.3, 0.4) is 0 Å². The molecule has 1 heterocycles. The maximum atomic E-state index is 12.0. The Morgan fingerprint density at radius 2 is 1.95 bits per heavy atom. The third kappa shape index (κ3) is 3.51. The van der Waals surface area contributed by atoms with Gasteiger partial charge in [-0.3, -0.25) is 10.1 Å². The molecule has 0 aliphatic carbocycles. The Labute approximate surface area is 125 Å². The van der Waals surface area contributed by atoms with Crippen molar-refractivity contribution in [3.63, 3.8) is 0 Å². The molecule has 1 N–H and O–H groups in total. The summed E-state index contributed by atoms with van der Waals surface area (Å²) < 4.78 is 0. The van der Waals surface area contributed by atoms with Crippen LogP contribution in [-0.4, -0.2) is 48.4 Å². The first-order valence-electron chi connectivity index (χ1n) is 7.16. The molecule has 0 bridgehead atoms. The fraction of sp³-hybridized carbons (Fsp3) is 0.533. The molecule has 1 aliphatic heterocycles. The summed E-state index contributed by atoms with van der Waals surface area (Å²) in [5.41, 5.74) is 1.08. The summed E-state index contributed by atoms with van der Waals surface area (Å²) in [5, 5.41) is 3.98. The predicted molar refractivity (Wildman–Crippen MR) is 81.7 cm³/mol. The number of benzene rings is 1. The summed E-state index contributed by atoms with van der Waals surface area (Å²) in [4.78, 5) is 16.3. The average Bonchev–Trinajstić information content (AvgIpc) is 2.82. The molecular formula is C15H22ClN3O. The number of rotatable bonds is 6. The smallest absolute Gasteiger partial charge is 0.238 e. The van der Waals surface area contributed by atoms with Crippen LogP contribution in [0.4, 0.5) is 0 Å². The first-order valence-corrected chi connectivity index (χ1v) is 7.54. The van der Waals surface area contributed by atoms with E-state index in [9.17, 15) is 4.79 Å². The second-order valence-electron chi connectivity index (χ2n) is 4.95. The summed E-state index contributed by atoms with van der Waals surface area (Å²) in [6.45, 7) is 8.38. The summed E-state index contributed by atoms with van der Waals surface area (Å²) in [6.07, 6.45) is -0.0321. The van der Waals surface area contributed by atoms with Crippen molar-refractivity contribution < 1.29 is 4.79 Å². The third-order valence-corrected chi connectivity index (χ3v) is 4.07. The van der Waals surface area contributed by atoms with Crippen molar-refractivity contribution in [3.8, 4) is 0 Å². The highest BCUT2D eigenvalue weighted by molar-refractivity contribution is 6.30. The van der Waals surface area contributed by atoms with E-state index in [-0.39, 0.29) is 12.1 Å². The molecule has 1 atom stereocenters. The van der Waals surface area contributed by atoms with Gasteiger partial charge in [0.2, 0.25) is 5.91 Å². The van der Waals surface area contributed by atoms with Crippen molar-refractivity contribution >= 4 is 17.5 Å². The van der Waals surface area contributed by atoms with Crippen LogP contribution >= 0.6 is 11.6 Å². The van der Waals surface area contributed by atoms with E-state index in [1.807, 2.05) is 29.2 Å². The summed E-state index contributed by atoms with van der Waals surface area (Å²) in [5.74, 6) is 0.164. The largest absolute Gasteiger partial charge is 0.321 e. The van der Waals surface area contributed by atoms with Crippen molar-refractivity contribution in [2.45, 2.75) is 20.0 Å². The standard InChI is InChI=1S/C15H22ClN3O/c1-3-18(4-2)9-10-19-14(20)11-17-15(19)12-5-7-13(16)8-6-12/h5-8,15,17H,3-4,9-11H2,1-2H3. The number of nitrogens with zero attached hydrogens (tertiary/aromatic N) is 2. The molecule has 0 radical (unpaired) electrons. The van der Waals surface area contributed by atoms with Gasteiger partial charge in [0.1, 0.15) is 6.17 Å². The van der Waals surface area contributed by atoms with Crippen LogP contribution in [0.15, 0.2) is 24.3 Å². The minimum atomic E-state index is -0.0321. The van der Waals surface area contributed by atoms with Crippen molar-refractivity contribution in [2.75, 3.05) is 32.7 Å². The van der Waals surface area contributed by atoms with Gasteiger partial charge in [-0.15, -0.1) is 0 Å². The molecule has 1 unspecified atom stereocenters. The Kier molecular flexibility index (Phi) is 5.40. The number of carbonyl (C=O) groups is 1. The van der Waals surface area contributed by atoms with Gasteiger partial charge in [0.15, 0.2) is 0 Å². The second kappa shape index (κ2) is 7.07. The molecule has 1 aliphatic rings.